The SMILES string of the molecule is Fc1ccc(-c2cccc(C(F)(F)F)c2)c(CO[C@H]2CCNC2)c1. The largest absolute Gasteiger partial charge is 0.416 e. The Morgan fingerprint density at radius 1 is 1.12 bits per heavy atom. The highest BCUT2D eigenvalue weighted by molar-refractivity contribution is 5.68. The van der Waals surface area contributed by atoms with Gasteiger partial charge in [-0.2, -0.15) is 13.2 Å². The Morgan fingerprint density at radius 3 is 2.67 bits per heavy atom. The molecule has 2 aromatic rings. The summed E-state index contributed by atoms with van der Waals surface area (Å²) < 4.78 is 58.1. The molecule has 1 aliphatic rings. The number of benzene rings is 2. The lowest BCUT2D eigenvalue weighted by Gasteiger charge is -2.15. The Hall–Kier alpha value is -1.92. The quantitative estimate of drug-likeness (QED) is 0.834. The molecule has 2 aromatic carbocycles. The first kappa shape index (κ1) is 16.9. The van der Waals surface area contributed by atoms with Crippen molar-refractivity contribution in [3.8, 4) is 11.1 Å². The van der Waals surface area contributed by atoms with Gasteiger partial charge in [-0.25, -0.2) is 4.39 Å². The maximum Gasteiger partial charge on any atom is 0.416 e. The van der Waals surface area contributed by atoms with E-state index in [1.54, 1.807) is 6.07 Å². The van der Waals surface area contributed by atoms with Gasteiger partial charge in [0.1, 0.15) is 5.82 Å². The fourth-order valence-corrected chi connectivity index (χ4v) is 2.80. The molecular weight excluding hydrogens is 322 g/mol. The minimum Gasteiger partial charge on any atom is -0.372 e. The molecule has 0 amide bonds. The number of rotatable bonds is 4. The summed E-state index contributed by atoms with van der Waals surface area (Å²) in [5.74, 6) is -0.436. The molecular formula is C18H17F4NO. The molecule has 1 saturated heterocycles. The van der Waals surface area contributed by atoms with Gasteiger partial charge in [-0.15, -0.1) is 0 Å². The van der Waals surface area contributed by atoms with Gasteiger partial charge >= 0.3 is 6.18 Å². The van der Waals surface area contributed by atoms with E-state index in [1.807, 2.05) is 0 Å². The predicted octanol–water partition coefficient (Wildman–Crippen LogP) is 4.39. The van der Waals surface area contributed by atoms with Crippen molar-refractivity contribution in [1.82, 2.24) is 5.32 Å². The molecule has 0 unspecified atom stereocenters. The van der Waals surface area contributed by atoms with E-state index in [1.165, 1.54) is 24.3 Å². The smallest absolute Gasteiger partial charge is 0.372 e. The number of ether oxygens (including phenoxy) is 1. The Kier molecular flexibility index (Phi) is 4.87. The van der Waals surface area contributed by atoms with Crippen LogP contribution in [0.3, 0.4) is 0 Å². The molecule has 0 aliphatic carbocycles. The van der Waals surface area contributed by atoms with Gasteiger partial charge in [-0.05, 0) is 53.9 Å². The predicted molar refractivity (Wildman–Crippen MR) is 82.9 cm³/mol. The normalized spacial score (nSPS) is 18.1. The van der Waals surface area contributed by atoms with Crippen LogP contribution in [0.25, 0.3) is 11.1 Å². The molecule has 1 fully saturated rings. The van der Waals surface area contributed by atoms with Crippen LogP contribution < -0.4 is 5.32 Å². The molecule has 0 radical (unpaired) electrons. The number of nitrogens with one attached hydrogen (secondary N) is 1. The van der Waals surface area contributed by atoms with Gasteiger partial charge < -0.3 is 10.1 Å². The summed E-state index contributed by atoms with van der Waals surface area (Å²) in [7, 11) is 0. The zero-order valence-corrected chi connectivity index (χ0v) is 12.9. The van der Waals surface area contributed by atoms with Crippen LogP contribution in [0.2, 0.25) is 0 Å². The highest BCUT2D eigenvalue weighted by Gasteiger charge is 2.30. The lowest BCUT2D eigenvalue weighted by atomic mass is 9.98. The van der Waals surface area contributed by atoms with Crippen LogP contribution in [-0.2, 0) is 17.5 Å². The van der Waals surface area contributed by atoms with Gasteiger partial charge in [0, 0.05) is 6.54 Å². The lowest BCUT2D eigenvalue weighted by molar-refractivity contribution is -0.137. The van der Waals surface area contributed by atoms with Crippen molar-refractivity contribution in [2.24, 2.45) is 0 Å². The fraction of sp³-hybridized carbons (Fsp3) is 0.333. The third-order valence-corrected chi connectivity index (χ3v) is 4.06. The second-order valence-corrected chi connectivity index (χ2v) is 5.81. The minimum atomic E-state index is -4.41. The van der Waals surface area contributed by atoms with Gasteiger partial charge in [0.05, 0.1) is 18.3 Å². The zero-order valence-electron chi connectivity index (χ0n) is 12.9. The fourth-order valence-electron chi connectivity index (χ4n) is 2.80. The van der Waals surface area contributed by atoms with E-state index in [0.717, 1.165) is 31.6 Å². The molecule has 1 N–H and O–H groups in total. The average Bonchev–Trinajstić information content (AvgIpc) is 3.06. The van der Waals surface area contributed by atoms with E-state index in [-0.39, 0.29) is 12.7 Å². The summed E-state index contributed by atoms with van der Waals surface area (Å²) in [6, 6.07) is 9.10. The number of hydrogen-bond acceptors (Lipinski definition) is 2. The number of hydrogen-bond donors (Lipinski definition) is 1. The zero-order chi connectivity index (χ0) is 17.2. The van der Waals surface area contributed by atoms with E-state index in [9.17, 15) is 17.6 Å². The van der Waals surface area contributed by atoms with Crippen molar-refractivity contribution in [3.63, 3.8) is 0 Å². The van der Waals surface area contributed by atoms with Gasteiger partial charge in [0.15, 0.2) is 0 Å². The third-order valence-electron chi connectivity index (χ3n) is 4.06. The van der Waals surface area contributed by atoms with Crippen molar-refractivity contribution in [1.29, 1.82) is 0 Å². The van der Waals surface area contributed by atoms with E-state index in [4.69, 9.17) is 4.74 Å². The Morgan fingerprint density at radius 2 is 1.96 bits per heavy atom. The van der Waals surface area contributed by atoms with E-state index >= 15 is 0 Å². The van der Waals surface area contributed by atoms with Gasteiger partial charge in [0.25, 0.3) is 0 Å². The van der Waals surface area contributed by atoms with Gasteiger partial charge in [-0.1, -0.05) is 18.2 Å². The molecule has 2 nitrogen and oxygen atoms in total. The maximum atomic E-state index is 13.6. The monoisotopic (exact) mass is 339 g/mol. The summed E-state index contributed by atoms with van der Waals surface area (Å²) in [5.41, 5.74) is 0.763. The van der Waals surface area contributed by atoms with Gasteiger partial charge in [-0.3, -0.25) is 0 Å². The van der Waals surface area contributed by atoms with Crippen molar-refractivity contribution in [3.05, 3.63) is 59.4 Å². The first-order chi connectivity index (χ1) is 11.4. The van der Waals surface area contributed by atoms with Crippen LogP contribution in [0.5, 0.6) is 0 Å². The number of halogens is 4. The molecule has 24 heavy (non-hydrogen) atoms. The molecule has 0 saturated carbocycles. The third kappa shape index (κ3) is 3.94. The molecule has 1 heterocycles. The van der Waals surface area contributed by atoms with Crippen molar-refractivity contribution in [2.45, 2.75) is 25.3 Å². The molecule has 0 spiro atoms. The summed E-state index contributed by atoms with van der Waals surface area (Å²) in [6.45, 7) is 1.76. The second kappa shape index (κ2) is 6.91. The second-order valence-electron chi connectivity index (χ2n) is 5.81. The van der Waals surface area contributed by atoms with Crippen molar-refractivity contribution < 1.29 is 22.3 Å². The Balaban J connectivity index is 1.89. The Labute approximate surface area is 137 Å². The molecule has 128 valence electrons. The van der Waals surface area contributed by atoms with Crippen LogP contribution >= 0.6 is 0 Å². The van der Waals surface area contributed by atoms with Crippen LogP contribution in [0.15, 0.2) is 42.5 Å². The first-order valence-electron chi connectivity index (χ1n) is 7.72. The van der Waals surface area contributed by atoms with Crippen LogP contribution in [0.4, 0.5) is 17.6 Å². The standard InChI is InChI=1S/C18H17F4NO/c19-15-4-5-17(12-2-1-3-14(8-12)18(20,21)22)13(9-15)11-24-16-6-7-23-10-16/h1-5,8-9,16,23H,6-7,10-11H2/t16-/m0/s1. The molecule has 3 rings (SSSR count). The summed E-state index contributed by atoms with van der Waals surface area (Å²) in [6.07, 6.45) is -3.50. The Bertz CT molecular complexity index is 708. The molecule has 0 aromatic heterocycles. The highest BCUT2D eigenvalue weighted by Crippen LogP contribution is 2.33. The van der Waals surface area contributed by atoms with Crippen LogP contribution in [0, 0.1) is 5.82 Å². The summed E-state index contributed by atoms with van der Waals surface area (Å²) in [5, 5.41) is 3.17. The molecule has 0 bridgehead atoms. The van der Waals surface area contributed by atoms with Gasteiger partial charge in [0.2, 0.25) is 0 Å². The lowest BCUT2D eigenvalue weighted by Crippen LogP contribution is -2.16. The molecule has 6 heteroatoms. The van der Waals surface area contributed by atoms with E-state index < -0.39 is 17.6 Å². The van der Waals surface area contributed by atoms with Crippen LogP contribution in [0.1, 0.15) is 17.5 Å². The topological polar surface area (TPSA) is 21.3 Å². The summed E-state index contributed by atoms with van der Waals surface area (Å²) >= 11 is 0. The first-order valence-corrected chi connectivity index (χ1v) is 7.72. The summed E-state index contributed by atoms with van der Waals surface area (Å²) in [4.78, 5) is 0. The molecule has 1 aliphatic heterocycles. The number of alkyl halides is 3. The molecule has 1 atom stereocenters. The van der Waals surface area contributed by atoms with Crippen LogP contribution in [-0.4, -0.2) is 19.2 Å². The maximum absolute atomic E-state index is 13.6. The van der Waals surface area contributed by atoms with E-state index in [2.05, 4.69) is 5.32 Å². The van der Waals surface area contributed by atoms with E-state index in [0.29, 0.717) is 16.7 Å². The highest BCUT2D eigenvalue weighted by atomic mass is 19.4. The van der Waals surface area contributed by atoms with Crippen molar-refractivity contribution in [2.75, 3.05) is 13.1 Å². The minimum absolute atomic E-state index is 0.0441. The average molecular weight is 339 g/mol. The van der Waals surface area contributed by atoms with Crippen molar-refractivity contribution >= 4 is 0 Å².